The number of carbonyl (C=O) groups is 2. The van der Waals surface area contributed by atoms with Crippen molar-refractivity contribution in [2.45, 2.75) is 19.4 Å². The van der Waals surface area contributed by atoms with Gasteiger partial charge in [-0.25, -0.2) is 18.0 Å². The molecule has 7 heteroatoms. The van der Waals surface area contributed by atoms with Crippen LogP contribution in [-0.2, 0) is 16.0 Å². The highest BCUT2D eigenvalue weighted by molar-refractivity contribution is 5.82. The van der Waals surface area contributed by atoms with Crippen LogP contribution in [-0.4, -0.2) is 23.0 Å². The largest absolute Gasteiger partial charge is 0.480 e. The first kappa shape index (κ1) is 14.0. The zero-order valence-electron chi connectivity index (χ0n) is 9.34. The minimum Gasteiger partial charge on any atom is -0.480 e. The Morgan fingerprint density at radius 1 is 1.28 bits per heavy atom. The number of carboxylic acids is 1. The van der Waals surface area contributed by atoms with E-state index >= 15 is 0 Å². The minimum atomic E-state index is -1.48. The third-order valence-corrected chi connectivity index (χ3v) is 2.19. The predicted molar refractivity (Wildman–Crippen MR) is 55.3 cm³/mol. The second-order valence-corrected chi connectivity index (χ2v) is 3.64. The molecule has 18 heavy (non-hydrogen) atoms. The SMILES string of the molecule is CC(=O)NC(Cc1c(F)cc(F)cc1F)C(=O)O. The number of carbonyl (C=O) groups excluding carboxylic acids is 1. The van der Waals surface area contributed by atoms with Crippen molar-refractivity contribution in [1.82, 2.24) is 5.32 Å². The molecule has 4 nitrogen and oxygen atoms in total. The number of benzene rings is 1. The van der Waals surface area contributed by atoms with E-state index in [1.54, 1.807) is 0 Å². The van der Waals surface area contributed by atoms with Gasteiger partial charge in [0.15, 0.2) is 0 Å². The van der Waals surface area contributed by atoms with E-state index in [0.29, 0.717) is 12.1 Å². The molecule has 0 bridgehead atoms. The van der Waals surface area contributed by atoms with Crippen LogP contribution < -0.4 is 5.32 Å². The van der Waals surface area contributed by atoms with Crippen molar-refractivity contribution in [1.29, 1.82) is 0 Å². The van der Waals surface area contributed by atoms with Gasteiger partial charge in [0.1, 0.15) is 23.5 Å². The zero-order valence-corrected chi connectivity index (χ0v) is 9.34. The summed E-state index contributed by atoms with van der Waals surface area (Å²) in [7, 11) is 0. The van der Waals surface area contributed by atoms with Crippen molar-refractivity contribution in [3.63, 3.8) is 0 Å². The minimum absolute atomic E-state index is 0.449. The molecule has 1 atom stereocenters. The molecule has 0 aromatic heterocycles. The molecule has 0 aliphatic carbocycles. The van der Waals surface area contributed by atoms with Crippen LogP contribution in [0.4, 0.5) is 13.2 Å². The van der Waals surface area contributed by atoms with Crippen LogP contribution in [0.25, 0.3) is 0 Å². The van der Waals surface area contributed by atoms with Crippen LogP contribution in [0.2, 0.25) is 0 Å². The van der Waals surface area contributed by atoms with Gasteiger partial charge in [-0.3, -0.25) is 4.79 Å². The molecule has 0 fully saturated rings. The molecule has 0 saturated heterocycles. The molecule has 1 aromatic carbocycles. The summed E-state index contributed by atoms with van der Waals surface area (Å²) >= 11 is 0. The third-order valence-electron chi connectivity index (χ3n) is 2.19. The van der Waals surface area contributed by atoms with Crippen LogP contribution in [0.15, 0.2) is 12.1 Å². The summed E-state index contributed by atoms with van der Waals surface area (Å²) in [4.78, 5) is 21.5. The average Bonchev–Trinajstić information content (AvgIpc) is 2.20. The Hall–Kier alpha value is -2.05. The van der Waals surface area contributed by atoms with Gasteiger partial charge in [0, 0.05) is 31.0 Å². The predicted octanol–water partition coefficient (Wildman–Crippen LogP) is 1.24. The number of hydrogen-bond acceptors (Lipinski definition) is 2. The Kier molecular flexibility index (Phi) is 4.30. The van der Waals surface area contributed by atoms with Gasteiger partial charge in [-0.1, -0.05) is 0 Å². The molecular weight excluding hydrogens is 251 g/mol. The molecule has 0 saturated carbocycles. The van der Waals surface area contributed by atoms with Gasteiger partial charge in [-0.15, -0.1) is 0 Å². The average molecular weight is 261 g/mol. The van der Waals surface area contributed by atoms with Crippen LogP contribution in [0.3, 0.4) is 0 Å². The summed E-state index contributed by atoms with van der Waals surface area (Å²) in [5, 5.41) is 10.8. The van der Waals surface area contributed by atoms with Gasteiger partial charge in [-0.05, 0) is 0 Å². The van der Waals surface area contributed by atoms with Crippen molar-refractivity contribution in [2.24, 2.45) is 0 Å². The van der Waals surface area contributed by atoms with E-state index in [-0.39, 0.29) is 0 Å². The maximum Gasteiger partial charge on any atom is 0.326 e. The van der Waals surface area contributed by atoms with E-state index < -0.39 is 47.4 Å². The molecule has 0 radical (unpaired) electrons. The highest BCUT2D eigenvalue weighted by Gasteiger charge is 2.23. The lowest BCUT2D eigenvalue weighted by Crippen LogP contribution is -2.41. The summed E-state index contributed by atoms with van der Waals surface area (Å²) in [5.41, 5.74) is -0.586. The Morgan fingerprint density at radius 3 is 2.17 bits per heavy atom. The second-order valence-electron chi connectivity index (χ2n) is 3.64. The molecule has 0 spiro atoms. The summed E-state index contributed by atoms with van der Waals surface area (Å²) < 4.78 is 39.2. The van der Waals surface area contributed by atoms with Crippen LogP contribution >= 0.6 is 0 Å². The Morgan fingerprint density at radius 2 is 1.78 bits per heavy atom. The van der Waals surface area contributed by atoms with E-state index in [2.05, 4.69) is 0 Å². The van der Waals surface area contributed by atoms with Crippen LogP contribution in [0.5, 0.6) is 0 Å². The second kappa shape index (κ2) is 5.52. The maximum atomic E-state index is 13.3. The Balaban J connectivity index is 3.01. The molecule has 0 aliphatic rings. The summed E-state index contributed by atoms with van der Waals surface area (Å²) in [6.07, 6.45) is -0.604. The molecule has 1 rings (SSSR count). The van der Waals surface area contributed by atoms with Crippen molar-refractivity contribution < 1.29 is 27.9 Å². The number of aliphatic carboxylic acids is 1. The van der Waals surface area contributed by atoms with Crippen LogP contribution in [0, 0.1) is 17.5 Å². The van der Waals surface area contributed by atoms with E-state index in [0.717, 1.165) is 6.92 Å². The number of rotatable bonds is 4. The monoisotopic (exact) mass is 261 g/mol. The fourth-order valence-corrected chi connectivity index (χ4v) is 1.42. The fourth-order valence-electron chi connectivity index (χ4n) is 1.42. The number of nitrogens with one attached hydrogen (secondary N) is 1. The number of halogens is 3. The molecule has 1 amide bonds. The molecule has 2 N–H and O–H groups in total. The van der Waals surface area contributed by atoms with Gasteiger partial charge in [0.2, 0.25) is 5.91 Å². The van der Waals surface area contributed by atoms with E-state index in [1.807, 2.05) is 5.32 Å². The normalized spacial score (nSPS) is 12.0. The molecule has 0 aliphatic heterocycles. The molecule has 98 valence electrons. The topological polar surface area (TPSA) is 66.4 Å². The molecule has 1 unspecified atom stereocenters. The van der Waals surface area contributed by atoms with E-state index in [1.165, 1.54) is 0 Å². The van der Waals surface area contributed by atoms with E-state index in [4.69, 9.17) is 5.11 Å². The molecule has 1 aromatic rings. The van der Waals surface area contributed by atoms with Crippen molar-refractivity contribution in [3.05, 3.63) is 35.1 Å². The van der Waals surface area contributed by atoms with Gasteiger partial charge in [-0.2, -0.15) is 0 Å². The smallest absolute Gasteiger partial charge is 0.326 e. The van der Waals surface area contributed by atoms with Crippen molar-refractivity contribution in [3.8, 4) is 0 Å². The number of carboxylic acid groups (broad SMARTS) is 1. The first-order valence-electron chi connectivity index (χ1n) is 4.94. The highest BCUT2D eigenvalue weighted by Crippen LogP contribution is 2.16. The third kappa shape index (κ3) is 3.47. The Labute approximate surface area is 100 Å². The van der Waals surface area contributed by atoms with Crippen LogP contribution in [0.1, 0.15) is 12.5 Å². The quantitative estimate of drug-likeness (QED) is 0.856. The molecular formula is C11H10F3NO3. The first-order chi connectivity index (χ1) is 8.31. The van der Waals surface area contributed by atoms with Crippen molar-refractivity contribution in [2.75, 3.05) is 0 Å². The number of hydrogen-bond donors (Lipinski definition) is 2. The summed E-state index contributed by atoms with van der Waals surface area (Å²) in [6, 6.07) is -0.576. The molecule has 0 heterocycles. The standard InChI is InChI=1S/C11H10F3NO3/c1-5(16)15-10(11(17)18)4-7-8(13)2-6(12)3-9(7)14/h2-3,10H,4H2,1H3,(H,15,16)(H,17,18). The zero-order chi connectivity index (χ0) is 13.9. The lowest BCUT2D eigenvalue weighted by atomic mass is 10.0. The van der Waals surface area contributed by atoms with Gasteiger partial charge in [0.05, 0.1) is 0 Å². The summed E-state index contributed by atoms with van der Waals surface area (Å²) in [6.45, 7) is 1.08. The van der Waals surface area contributed by atoms with Gasteiger partial charge < -0.3 is 10.4 Å². The Bertz CT molecular complexity index is 467. The highest BCUT2D eigenvalue weighted by atomic mass is 19.1. The first-order valence-corrected chi connectivity index (χ1v) is 4.94. The number of amides is 1. The lowest BCUT2D eigenvalue weighted by Gasteiger charge is -2.14. The summed E-state index contributed by atoms with van der Waals surface area (Å²) in [5.74, 6) is -5.56. The fraction of sp³-hybridized carbons (Fsp3) is 0.273. The lowest BCUT2D eigenvalue weighted by molar-refractivity contribution is -0.141. The van der Waals surface area contributed by atoms with Gasteiger partial charge in [0.25, 0.3) is 0 Å². The maximum absolute atomic E-state index is 13.3. The van der Waals surface area contributed by atoms with Gasteiger partial charge >= 0.3 is 5.97 Å². The van der Waals surface area contributed by atoms with E-state index in [9.17, 15) is 22.8 Å². The van der Waals surface area contributed by atoms with Crippen molar-refractivity contribution >= 4 is 11.9 Å².